The summed E-state index contributed by atoms with van der Waals surface area (Å²) in [6, 6.07) is 1.87. The molecule has 0 aliphatic carbocycles. The number of phenols is 3. The minimum Gasteiger partial charge on any atom is -0.507 e. The van der Waals surface area contributed by atoms with Gasteiger partial charge in [-0.2, -0.15) is 0 Å². The van der Waals surface area contributed by atoms with Gasteiger partial charge in [0, 0.05) is 11.6 Å². The van der Waals surface area contributed by atoms with Gasteiger partial charge < -0.3 is 20.1 Å². The Morgan fingerprint density at radius 3 is 1.80 bits per heavy atom. The van der Waals surface area contributed by atoms with Crippen LogP contribution < -0.4 is 4.74 Å². The summed E-state index contributed by atoms with van der Waals surface area (Å²) in [6.07, 6.45) is -5.24. The zero-order chi connectivity index (χ0) is 19.5. The molecule has 138 valence electrons. The normalized spacial score (nSPS) is 10.9. The Bertz CT molecular complexity index is 749. The summed E-state index contributed by atoms with van der Waals surface area (Å²) in [5.41, 5.74) is -1.51. The fourth-order valence-corrected chi connectivity index (χ4v) is 1.91. The lowest BCUT2D eigenvalue weighted by atomic mass is 10.0. The molecule has 2 aromatic rings. The smallest absolute Gasteiger partial charge is 0.507 e. The second kappa shape index (κ2) is 7.45. The van der Waals surface area contributed by atoms with Gasteiger partial charge in [-0.3, -0.25) is 0 Å². The lowest BCUT2D eigenvalue weighted by molar-refractivity contribution is -0.275. The van der Waals surface area contributed by atoms with Gasteiger partial charge >= 0.3 is 6.36 Å². The second-order valence-corrected chi connectivity index (χ2v) is 4.58. The molecule has 0 aromatic heterocycles. The average molecular weight is 366 g/mol. The predicted octanol–water partition coefficient (Wildman–Crippen LogP) is 4.98. The third kappa shape index (κ3) is 4.43. The molecule has 0 amide bonds. The quantitative estimate of drug-likeness (QED) is 0.656. The predicted molar refractivity (Wildman–Crippen MR) is 79.6 cm³/mol. The minimum atomic E-state index is -5.24. The standard InChI is InChI=1S/C14H9F5O4.C2H6/c1-5-7(15)2-6(3-8(5)16)11-9(20)4-10(21)13(12(11)22)23-14(17,18)19;1-2/h2-4,20-22H,1H3;1-2H3. The number of benzene rings is 2. The van der Waals surface area contributed by atoms with Gasteiger partial charge in [-0.1, -0.05) is 13.8 Å². The van der Waals surface area contributed by atoms with E-state index >= 15 is 0 Å². The molecule has 0 heterocycles. The van der Waals surface area contributed by atoms with Crippen molar-refractivity contribution in [1.29, 1.82) is 0 Å². The Balaban J connectivity index is 0.00000151. The van der Waals surface area contributed by atoms with Gasteiger partial charge in [-0.25, -0.2) is 8.78 Å². The van der Waals surface area contributed by atoms with Crippen molar-refractivity contribution in [2.75, 3.05) is 0 Å². The highest BCUT2D eigenvalue weighted by molar-refractivity contribution is 5.81. The van der Waals surface area contributed by atoms with Gasteiger partial charge in [0.2, 0.25) is 5.75 Å². The lowest BCUT2D eigenvalue weighted by Crippen LogP contribution is -2.17. The van der Waals surface area contributed by atoms with Crippen LogP contribution in [0.25, 0.3) is 11.1 Å². The topological polar surface area (TPSA) is 69.9 Å². The summed E-state index contributed by atoms with van der Waals surface area (Å²) in [7, 11) is 0. The van der Waals surface area contributed by atoms with E-state index in [4.69, 9.17) is 0 Å². The van der Waals surface area contributed by atoms with E-state index in [-0.39, 0.29) is 5.56 Å². The maximum atomic E-state index is 13.6. The molecule has 0 atom stereocenters. The number of aromatic hydroxyl groups is 3. The van der Waals surface area contributed by atoms with Crippen molar-refractivity contribution in [2.45, 2.75) is 27.1 Å². The van der Waals surface area contributed by atoms with Crippen LogP contribution in [0.15, 0.2) is 18.2 Å². The first kappa shape index (κ1) is 20.3. The SMILES string of the molecule is CC.Cc1c(F)cc(-c2c(O)cc(O)c(OC(F)(F)F)c2O)cc1F. The van der Waals surface area contributed by atoms with Crippen LogP contribution in [-0.4, -0.2) is 21.7 Å². The Morgan fingerprint density at radius 1 is 0.880 bits per heavy atom. The first-order valence-corrected chi connectivity index (χ1v) is 7.01. The van der Waals surface area contributed by atoms with Crippen molar-refractivity contribution in [1.82, 2.24) is 0 Å². The number of halogens is 5. The van der Waals surface area contributed by atoms with Crippen LogP contribution >= 0.6 is 0 Å². The highest BCUT2D eigenvalue weighted by Crippen LogP contribution is 2.50. The fourth-order valence-electron chi connectivity index (χ4n) is 1.91. The molecule has 2 rings (SSSR count). The molecule has 0 fully saturated rings. The van der Waals surface area contributed by atoms with E-state index in [0.29, 0.717) is 18.2 Å². The third-order valence-electron chi connectivity index (χ3n) is 3.00. The van der Waals surface area contributed by atoms with E-state index in [2.05, 4.69) is 4.74 Å². The molecule has 0 saturated heterocycles. The van der Waals surface area contributed by atoms with E-state index < -0.39 is 52.1 Å². The molecule has 0 spiro atoms. The fraction of sp³-hybridized carbons (Fsp3) is 0.250. The van der Waals surface area contributed by atoms with E-state index in [1.807, 2.05) is 13.8 Å². The maximum Gasteiger partial charge on any atom is 0.573 e. The maximum absolute atomic E-state index is 13.6. The van der Waals surface area contributed by atoms with Gasteiger partial charge in [0.1, 0.15) is 17.4 Å². The number of hydrogen-bond donors (Lipinski definition) is 3. The van der Waals surface area contributed by atoms with Crippen molar-refractivity contribution in [3.63, 3.8) is 0 Å². The number of phenolic OH excluding ortho intramolecular Hbond substituents is 3. The summed E-state index contributed by atoms with van der Waals surface area (Å²) in [5, 5.41) is 28.9. The highest BCUT2D eigenvalue weighted by Gasteiger charge is 2.35. The molecule has 0 unspecified atom stereocenters. The molecule has 4 nitrogen and oxygen atoms in total. The molecule has 0 radical (unpaired) electrons. The zero-order valence-electron chi connectivity index (χ0n) is 13.4. The second-order valence-electron chi connectivity index (χ2n) is 4.58. The van der Waals surface area contributed by atoms with Crippen LogP contribution in [0.3, 0.4) is 0 Å². The number of ether oxygens (including phenoxy) is 1. The van der Waals surface area contributed by atoms with Crippen LogP contribution in [-0.2, 0) is 0 Å². The number of rotatable bonds is 2. The van der Waals surface area contributed by atoms with E-state index in [1.165, 1.54) is 0 Å². The minimum absolute atomic E-state index is 0.349. The zero-order valence-corrected chi connectivity index (χ0v) is 13.4. The summed E-state index contributed by atoms with van der Waals surface area (Å²) >= 11 is 0. The van der Waals surface area contributed by atoms with Crippen LogP contribution in [0.4, 0.5) is 22.0 Å². The van der Waals surface area contributed by atoms with Crippen LogP contribution in [0, 0.1) is 18.6 Å². The molecule has 0 aliphatic rings. The molecule has 3 N–H and O–H groups in total. The van der Waals surface area contributed by atoms with E-state index in [9.17, 15) is 37.3 Å². The summed E-state index contributed by atoms with van der Waals surface area (Å²) in [5.74, 6) is -6.88. The first-order valence-electron chi connectivity index (χ1n) is 7.01. The monoisotopic (exact) mass is 366 g/mol. The van der Waals surface area contributed by atoms with Crippen LogP contribution in [0.5, 0.6) is 23.0 Å². The van der Waals surface area contributed by atoms with Gasteiger partial charge in [-0.15, -0.1) is 13.2 Å². The Hall–Kier alpha value is -2.71. The van der Waals surface area contributed by atoms with Crippen LogP contribution in [0.2, 0.25) is 0 Å². The van der Waals surface area contributed by atoms with Gasteiger partial charge in [0.05, 0.1) is 5.56 Å². The summed E-state index contributed by atoms with van der Waals surface area (Å²) in [6.45, 7) is 5.13. The molecular formula is C16H15F5O4. The van der Waals surface area contributed by atoms with Crippen LogP contribution in [0.1, 0.15) is 19.4 Å². The van der Waals surface area contributed by atoms with Gasteiger partial charge in [-0.05, 0) is 24.6 Å². The number of alkyl halides is 3. The molecular weight excluding hydrogens is 351 g/mol. The van der Waals surface area contributed by atoms with Crippen molar-refractivity contribution >= 4 is 0 Å². The first-order chi connectivity index (χ1) is 11.5. The molecule has 25 heavy (non-hydrogen) atoms. The highest BCUT2D eigenvalue weighted by atomic mass is 19.4. The number of hydrogen-bond acceptors (Lipinski definition) is 4. The van der Waals surface area contributed by atoms with E-state index in [0.717, 1.165) is 6.92 Å². The van der Waals surface area contributed by atoms with Crippen molar-refractivity contribution in [3.8, 4) is 34.1 Å². The largest absolute Gasteiger partial charge is 0.573 e. The van der Waals surface area contributed by atoms with Gasteiger partial charge in [0.25, 0.3) is 0 Å². The molecule has 2 aromatic carbocycles. The molecule has 0 bridgehead atoms. The summed E-state index contributed by atoms with van der Waals surface area (Å²) < 4.78 is 67.5. The molecule has 9 heteroatoms. The van der Waals surface area contributed by atoms with Crippen molar-refractivity contribution < 1.29 is 42.0 Å². The molecule has 0 saturated carbocycles. The van der Waals surface area contributed by atoms with E-state index in [1.54, 1.807) is 0 Å². The Morgan fingerprint density at radius 2 is 1.36 bits per heavy atom. The third-order valence-corrected chi connectivity index (χ3v) is 3.00. The van der Waals surface area contributed by atoms with Crippen molar-refractivity contribution in [2.24, 2.45) is 0 Å². The summed E-state index contributed by atoms with van der Waals surface area (Å²) in [4.78, 5) is 0. The lowest BCUT2D eigenvalue weighted by Gasteiger charge is -2.16. The van der Waals surface area contributed by atoms with Crippen molar-refractivity contribution in [3.05, 3.63) is 35.4 Å². The molecule has 0 aliphatic heterocycles. The Labute approximate surface area is 139 Å². The van der Waals surface area contributed by atoms with Gasteiger partial charge in [0.15, 0.2) is 11.5 Å². The Kier molecular flexibility index (Phi) is 6.06. The average Bonchev–Trinajstić information content (AvgIpc) is 2.50.